The Kier molecular flexibility index (Phi) is 24.1. The summed E-state index contributed by atoms with van der Waals surface area (Å²) >= 11 is 0. The van der Waals surface area contributed by atoms with Gasteiger partial charge in [-0.15, -0.1) is 0 Å². The molecule has 0 bridgehead atoms. The normalized spacial score (nSPS) is 13.3. The second-order valence-electron chi connectivity index (χ2n) is 23.7. The summed E-state index contributed by atoms with van der Waals surface area (Å²) in [6.45, 7) is -0.876. The number of aliphatic carboxylic acids is 2. The molecule has 0 fully saturated rings. The highest BCUT2D eigenvalue weighted by molar-refractivity contribution is 6.33. The van der Waals surface area contributed by atoms with Gasteiger partial charge in [-0.05, 0) is 82.6 Å². The van der Waals surface area contributed by atoms with E-state index in [0.717, 1.165) is 56.6 Å². The summed E-state index contributed by atoms with van der Waals surface area (Å²) in [6.07, 6.45) is -3.65. The second kappa shape index (κ2) is 33.6. The van der Waals surface area contributed by atoms with Crippen molar-refractivity contribution in [2.45, 2.75) is 62.7 Å². The molecular formula is C70H72N12O20. The topological polar surface area (TPSA) is 483 Å². The molecule has 0 radical (unpaired) electrons. The number of fused-ring (bicyclic) bond motifs is 8. The van der Waals surface area contributed by atoms with Crippen molar-refractivity contribution < 1.29 is 97.0 Å². The van der Waals surface area contributed by atoms with Crippen LogP contribution in [-0.2, 0) is 57.4 Å². The monoisotopic (exact) mass is 1400 g/mol. The van der Waals surface area contributed by atoms with Gasteiger partial charge >= 0.3 is 24.1 Å². The molecule has 532 valence electrons. The molecule has 0 aromatic heterocycles. The summed E-state index contributed by atoms with van der Waals surface area (Å²) in [6, 6.07) is 29.5. The minimum Gasteiger partial charge on any atom is -0.507 e. The number of hydrogen-bond acceptors (Lipinski definition) is 20. The van der Waals surface area contributed by atoms with Crippen LogP contribution in [0.15, 0.2) is 121 Å². The zero-order valence-electron chi connectivity index (χ0n) is 54.8. The van der Waals surface area contributed by atoms with E-state index in [1.165, 1.54) is 26.0 Å². The van der Waals surface area contributed by atoms with Crippen LogP contribution in [0, 0.1) is 0 Å². The Balaban J connectivity index is 0.699. The Morgan fingerprint density at radius 1 is 0.382 bits per heavy atom. The van der Waals surface area contributed by atoms with Crippen molar-refractivity contribution >= 4 is 94.3 Å². The smallest absolute Gasteiger partial charge is 0.407 e. The van der Waals surface area contributed by atoms with E-state index in [1.54, 1.807) is 0 Å². The molecule has 3 aliphatic carbocycles. The molecule has 0 heterocycles. The molecule has 6 aromatic carbocycles. The van der Waals surface area contributed by atoms with E-state index in [4.69, 9.17) is 9.47 Å². The molecule has 3 aliphatic rings. The van der Waals surface area contributed by atoms with Gasteiger partial charge < -0.3 is 93.7 Å². The highest BCUT2D eigenvalue weighted by Gasteiger charge is 2.39. The predicted molar refractivity (Wildman–Crippen MR) is 362 cm³/mol. The van der Waals surface area contributed by atoms with Crippen LogP contribution >= 0.6 is 0 Å². The summed E-state index contributed by atoms with van der Waals surface area (Å²) in [5, 5.41) is 69.8. The van der Waals surface area contributed by atoms with E-state index in [9.17, 15) is 87.5 Å². The van der Waals surface area contributed by atoms with Gasteiger partial charge in [0.2, 0.25) is 58.8 Å². The molecule has 16 N–H and O–H groups in total. The zero-order valence-corrected chi connectivity index (χ0v) is 54.8. The van der Waals surface area contributed by atoms with Gasteiger partial charge in [-0.3, -0.25) is 57.5 Å². The van der Waals surface area contributed by atoms with E-state index in [1.807, 2.05) is 97.1 Å². The Labute approximate surface area is 580 Å². The average Bonchev–Trinajstić information content (AvgIpc) is 1.05. The number of amides is 10. The van der Waals surface area contributed by atoms with Crippen LogP contribution in [0.5, 0.6) is 11.5 Å². The molecule has 32 heteroatoms. The first-order valence-electron chi connectivity index (χ1n) is 32.1. The van der Waals surface area contributed by atoms with Gasteiger partial charge in [0.05, 0.1) is 48.2 Å². The summed E-state index contributed by atoms with van der Waals surface area (Å²) < 4.78 is 10.8. The first-order chi connectivity index (χ1) is 48.9. The quantitative estimate of drug-likeness (QED) is 0.0208. The van der Waals surface area contributed by atoms with Gasteiger partial charge in [0.1, 0.15) is 62.0 Å². The minimum absolute atomic E-state index is 0.0195. The maximum atomic E-state index is 14.2. The number of nitrogens with one attached hydrogen (secondary N) is 12. The van der Waals surface area contributed by atoms with Crippen molar-refractivity contribution in [3.8, 4) is 33.8 Å². The highest BCUT2D eigenvalue weighted by Crippen LogP contribution is 2.46. The van der Waals surface area contributed by atoms with Crippen molar-refractivity contribution in [3.05, 3.63) is 166 Å². The maximum Gasteiger partial charge on any atom is 0.407 e. The highest BCUT2D eigenvalue weighted by atomic mass is 16.6. The van der Waals surface area contributed by atoms with Gasteiger partial charge in [-0.1, -0.05) is 97.1 Å². The largest absolute Gasteiger partial charge is 0.507 e. The SMILES string of the molecule is C[C@H](NC(=O)[C@H](CC(=O)O)NC(=O)CNC(=O)CNC(=O)OCC1c2ccccc2-c2ccccc21)C(=O)NCCNc1ccc(NCCNC(=O)[C@H](C)NC(=O)[C@H](CC(=O)O)NC(=O)CNC(=O)CNC(=O)OCC2c3ccccc3-c3ccccc32)c2c1C(=O)c1c(O)ccc(O)c1C2=O. The van der Waals surface area contributed by atoms with Gasteiger partial charge in [-0.2, -0.15) is 0 Å². The number of carboxylic acid groups (broad SMARTS) is 2. The number of alkyl carbamates (subject to hydrolysis) is 2. The lowest BCUT2D eigenvalue weighted by Gasteiger charge is -2.25. The number of carboxylic acids is 2. The first kappa shape index (κ1) is 73.3. The second-order valence-corrected chi connectivity index (χ2v) is 23.7. The average molecular weight is 1400 g/mol. The van der Waals surface area contributed by atoms with Crippen LogP contribution in [0.25, 0.3) is 22.3 Å². The Morgan fingerprint density at radius 2 is 0.706 bits per heavy atom. The summed E-state index contributed by atoms with van der Waals surface area (Å²) in [4.78, 5) is 181. The van der Waals surface area contributed by atoms with E-state index in [2.05, 4.69) is 63.8 Å². The lowest BCUT2D eigenvalue weighted by atomic mass is 9.81. The number of aromatic hydroxyl groups is 2. The van der Waals surface area contributed by atoms with Gasteiger partial charge in [0.15, 0.2) is 0 Å². The molecule has 0 saturated carbocycles. The minimum atomic E-state index is -1.72. The van der Waals surface area contributed by atoms with Gasteiger partial charge in [-0.25, -0.2) is 9.59 Å². The maximum absolute atomic E-state index is 14.2. The summed E-state index contributed by atoms with van der Waals surface area (Å²) in [5.74, 6) is -13.9. The fourth-order valence-corrected chi connectivity index (χ4v) is 11.8. The Morgan fingerprint density at radius 3 is 1.04 bits per heavy atom. The molecule has 102 heavy (non-hydrogen) atoms. The van der Waals surface area contributed by atoms with Crippen molar-refractivity contribution in [3.63, 3.8) is 0 Å². The fraction of sp³-hybridized carbons (Fsp3) is 0.286. The number of benzene rings is 6. The van der Waals surface area contributed by atoms with Crippen molar-refractivity contribution in [2.24, 2.45) is 0 Å². The molecular weight excluding hydrogens is 1330 g/mol. The molecule has 10 amide bonds. The molecule has 0 spiro atoms. The lowest BCUT2D eigenvalue weighted by molar-refractivity contribution is -0.141. The molecule has 0 aliphatic heterocycles. The number of rotatable bonds is 32. The van der Waals surface area contributed by atoms with Crippen molar-refractivity contribution in [1.29, 1.82) is 0 Å². The van der Waals surface area contributed by atoms with E-state index < -0.39 is 169 Å². The number of ketones is 2. The Bertz CT molecular complexity index is 3970. The van der Waals surface area contributed by atoms with E-state index >= 15 is 0 Å². The van der Waals surface area contributed by atoms with Crippen LogP contribution in [0.3, 0.4) is 0 Å². The molecule has 4 atom stereocenters. The number of phenols is 2. The van der Waals surface area contributed by atoms with Gasteiger partial charge in [0, 0.05) is 49.4 Å². The fourth-order valence-electron chi connectivity index (χ4n) is 11.8. The summed E-state index contributed by atoms with van der Waals surface area (Å²) in [7, 11) is 0. The van der Waals surface area contributed by atoms with Crippen LogP contribution in [-0.4, -0.2) is 193 Å². The number of carbonyl (C=O) groups excluding carboxylic acids is 12. The van der Waals surface area contributed by atoms with E-state index in [0.29, 0.717) is 0 Å². The third-order valence-electron chi connectivity index (χ3n) is 16.7. The number of ether oxygens (including phenoxy) is 2. The first-order valence-corrected chi connectivity index (χ1v) is 32.1. The van der Waals surface area contributed by atoms with Crippen LogP contribution < -0.4 is 63.8 Å². The standard InChI is InChI=1S/C70H72N12O20/c1-35(79-67(97)49(27-57(89)90)81-55(87)31-75-53(85)29-77-69(99)101-33-45-41-15-7-3-11-37(41)38-12-4-8-16-42(38)45)65(95)73-25-23-71-47-19-20-48(60-59(47)63(93)61-51(83)21-22-52(84)62(61)64(60)94)72-24-26-74-66(96)36(2)80-68(98)50(28-58(91)92)82-56(88)32-76-54(86)30-78-70(100)102-34-46-43-17-9-5-13-39(43)40-14-6-10-18-44(40)46/h3-22,35-36,45-46,49-50,71-72,83-84H,23-34H2,1-2H3,(H,73,95)(H,74,96)(H,75,85)(H,76,86)(H,77,99)(H,78,100)(H,79,97)(H,80,98)(H,81,87)(H,82,88)(H,89,90)(H,91,92)/t35-,36-,49-,50-/m0/s1. The Hall–Kier alpha value is -12.9. The molecule has 9 rings (SSSR count). The molecule has 32 nitrogen and oxygen atoms in total. The third kappa shape index (κ3) is 18.1. The summed E-state index contributed by atoms with van der Waals surface area (Å²) in [5.41, 5.74) is 6.47. The lowest BCUT2D eigenvalue weighted by Crippen LogP contribution is -2.54. The number of anilines is 2. The van der Waals surface area contributed by atoms with Gasteiger partial charge in [0.25, 0.3) is 0 Å². The molecule has 0 unspecified atom stereocenters. The molecule has 6 aromatic rings. The zero-order chi connectivity index (χ0) is 73.3. The predicted octanol–water partition coefficient (Wildman–Crippen LogP) is 1.17. The number of phenolic OH excluding ortho intramolecular Hbond substituents is 2. The van der Waals surface area contributed by atoms with E-state index in [-0.39, 0.29) is 73.7 Å². The van der Waals surface area contributed by atoms with Crippen molar-refractivity contribution in [1.82, 2.24) is 53.2 Å². The van der Waals surface area contributed by atoms with Crippen LogP contribution in [0.4, 0.5) is 21.0 Å². The third-order valence-corrected chi connectivity index (χ3v) is 16.7. The van der Waals surface area contributed by atoms with Crippen LogP contribution in [0.1, 0.15) is 92.6 Å². The number of carbonyl (C=O) groups is 14. The molecule has 0 saturated heterocycles. The number of hydrogen-bond donors (Lipinski definition) is 16. The van der Waals surface area contributed by atoms with Crippen molar-refractivity contribution in [2.75, 3.05) is 76.2 Å². The van der Waals surface area contributed by atoms with Crippen LogP contribution in [0.2, 0.25) is 0 Å².